The second-order valence-corrected chi connectivity index (χ2v) is 10.4. The van der Waals surface area contributed by atoms with Crippen LogP contribution in [0, 0.1) is 11.6 Å². The highest BCUT2D eigenvalue weighted by Crippen LogP contribution is 2.19. The molecule has 39 heavy (non-hydrogen) atoms. The molecular weight excluding hydrogens is 534 g/mol. The van der Waals surface area contributed by atoms with Crippen LogP contribution in [-0.2, 0) is 16.6 Å². The Hall–Kier alpha value is -4.37. The molecule has 1 amide bonds. The topological polar surface area (TPSA) is 134 Å². The molecule has 2 aromatic heterocycles. The number of halogens is 2. The minimum absolute atomic E-state index is 0.224. The molecule has 15 heteroatoms. The summed E-state index contributed by atoms with van der Waals surface area (Å²) in [5.41, 5.74) is 1.78. The number of rotatable bonds is 7. The number of amides is 1. The number of nitrogens with zero attached hydrogens (tertiary/aromatic N) is 6. The van der Waals surface area contributed by atoms with E-state index in [4.69, 9.17) is 0 Å². The van der Waals surface area contributed by atoms with Gasteiger partial charge in [-0.05, 0) is 55.5 Å². The number of sulfonamides is 1. The second-order valence-electron chi connectivity index (χ2n) is 8.72. The molecule has 0 atom stereocenters. The maximum Gasteiger partial charge on any atom is 0.288 e. The van der Waals surface area contributed by atoms with Gasteiger partial charge in [0.25, 0.3) is 21.5 Å². The summed E-state index contributed by atoms with van der Waals surface area (Å²) in [5.74, 6) is -1.39. The van der Waals surface area contributed by atoms with E-state index in [1.165, 1.54) is 18.3 Å². The number of anilines is 2. The lowest BCUT2D eigenvalue weighted by Crippen LogP contribution is -2.47. The summed E-state index contributed by atoms with van der Waals surface area (Å²) in [6.07, 6.45) is 1.28. The van der Waals surface area contributed by atoms with Crippen molar-refractivity contribution in [2.75, 3.05) is 36.0 Å². The molecule has 1 saturated heterocycles. The van der Waals surface area contributed by atoms with Gasteiger partial charge >= 0.3 is 0 Å². The number of hydrogen-bond donors (Lipinski definition) is 2. The fourth-order valence-corrected chi connectivity index (χ4v) is 5.03. The van der Waals surface area contributed by atoms with Crippen LogP contribution in [0.2, 0.25) is 0 Å². The van der Waals surface area contributed by atoms with Crippen molar-refractivity contribution in [2.45, 2.75) is 18.4 Å². The van der Waals surface area contributed by atoms with Gasteiger partial charge in [-0.3, -0.25) is 15.0 Å². The molecule has 3 heterocycles. The third-order valence-electron chi connectivity index (χ3n) is 6.31. The first-order valence-electron chi connectivity index (χ1n) is 12.0. The molecule has 1 fully saturated rings. The maximum atomic E-state index is 13.2. The van der Waals surface area contributed by atoms with Gasteiger partial charge in [-0.2, -0.15) is 9.50 Å². The van der Waals surface area contributed by atoms with Crippen molar-refractivity contribution in [1.29, 1.82) is 0 Å². The summed E-state index contributed by atoms with van der Waals surface area (Å²) < 4.78 is 53.8. The molecule has 1 aliphatic rings. The Labute approximate surface area is 221 Å². The minimum Gasteiger partial charge on any atom is -0.368 e. The molecule has 0 unspecified atom stereocenters. The summed E-state index contributed by atoms with van der Waals surface area (Å²) >= 11 is 0. The minimum atomic E-state index is -4.21. The Kier molecular flexibility index (Phi) is 7.01. The number of carbonyl (C=O) groups is 1. The van der Waals surface area contributed by atoms with Crippen LogP contribution in [0.15, 0.2) is 64.4 Å². The van der Waals surface area contributed by atoms with E-state index in [9.17, 15) is 26.8 Å². The highest BCUT2D eigenvalue weighted by molar-refractivity contribution is 7.89. The van der Waals surface area contributed by atoms with Crippen LogP contribution in [0.25, 0.3) is 5.78 Å². The van der Waals surface area contributed by atoms with Crippen LogP contribution in [0.3, 0.4) is 0 Å². The van der Waals surface area contributed by atoms with Crippen molar-refractivity contribution >= 4 is 33.3 Å². The number of piperazine rings is 1. The lowest BCUT2D eigenvalue weighted by atomic mass is 10.2. The molecule has 4 aromatic rings. The Morgan fingerprint density at radius 3 is 2.15 bits per heavy atom. The van der Waals surface area contributed by atoms with Crippen LogP contribution in [0.1, 0.15) is 17.3 Å². The Bertz CT molecular complexity index is 1680. The number of hydrogen-bond acceptors (Lipinski definition) is 8. The van der Waals surface area contributed by atoms with Crippen LogP contribution in [0.5, 0.6) is 0 Å². The molecule has 2 aromatic carbocycles. The molecule has 0 saturated carbocycles. The van der Waals surface area contributed by atoms with Gasteiger partial charge in [0, 0.05) is 44.6 Å². The first kappa shape index (κ1) is 26.2. The third kappa shape index (κ3) is 5.31. The Morgan fingerprint density at radius 1 is 0.949 bits per heavy atom. The molecule has 5 rings (SSSR count). The van der Waals surface area contributed by atoms with E-state index >= 15 is 0 Å². The first-order valence-corrected chi connectivity index (χ1v) is 13.5. The van der Waals surface area contributed by atoms with Crippen LogP contribution in [-0.4, -0.2) is 59.7 Å². The van der Waals surface area contributed by atoms with Gasteiger partial charge < -0.3 is 14.4 Å². The van der Waals surface area contributed by atoms with Crippen molar-refractivity contribution < 1.29 is 22.0 Å². The number of hydrazine groups is 1. The van der Waals surface area contributed by atoms with E-state index < -0.39 is 27.3 Å². The van der Waals surface area contributed by atoms with Gasteiger partial charge in [-0.1, -0.05) is 0 Å². The molecule has 12 nitrogen and oxygen atoms in total. The van der Waals surface area contributed by atoms with Crippen molar-refractivity contribution in [1.82, 2.24) is 29.4 Å². The molecule has 2 N–H and O–H groups in total. The van der Waals surface area contributed by atoms with Crippen molar-refractivity contribution in [3.05, 3.63) is 82.3 Å². The first-order chi connectivity index (χ1) is 18.7. The molecule has 1 aliphatic heterocycles. The Balaban J connectivity index is 1.34. The quantitative estimate of drug-likeness (QED) is 0.323. The molecule has 0 radical (unpaired) electrons. The van der Waals surface area contributed by atoms with E-state index in [0.717, 1.165) is 34.5 Å². The molecular formula is C24H24F2N8O4S. The summed E-state index contributed by atoms with van der Waals surface area (Å²) in [6.45, 7) is 4.49. The zero-order chi connectivity index (χ0) is 27.7. The Morgan fingerprint density at radius 2 is 1.54 bits per heavy atom. The number of aryl methyl sites for hydroxylation is 1. The van der Waals surface area contributed by atoms with E-state index in [1.807, 2.05) is 15.2 Å². The van der Waals surface area contributed by atoms with Gasteiger partial charge in [-0.25, -0.2) is 17.2 Å². The SMILES string of the molecule is CCn1cc(C(=O)NNS(=O)(=O)c2ccc(F)cc2)c(=O)n2nc(N3CCN(c4ccc(F)cc4)CC3)nc12. The van der Waals surface area contributed by atoms with Crippen molar-refractivity contribution in [3.63, 3.8) is 0 Å². The number of benzene rings is 2. The van der Waals surface area contributed by atoms with E-state index in [-0.39, 0.29) is 22.1 Å². The summed E-state index contributed by atoms with van der Waals surface area (Å²) in [5, 5.41) is 4.34. The van der Waals surface area contributed by atoms with Gasteiger partial charge in [0.15, 0.2) is 0 Å². The molecule has 0 bridgehead atoms. The molecule has 0 aliphatic carbocycles. The predicted octanol–water partition coefficient (Wildman–Crippen LogP) is 1.14. The van der Waals surface area contributed by atoms with Crippen LogP contribution >= 0.6 is 0 Å². The molecule has 0 spiro atoms. The zero-order valence-electron chi connectivity index (χ0n) is 20.7. The fraction of sp³-hybridized carbons (Fsp3) is 0.250. The standard InChI is InChI=1S/C24H24F2N8O4S/c1-2-31-15-20(21(35)28-30-39(37,38)19-9-5-17(26)6-10-19)22(36)34-24(31)27-23(29-34)33-13-11-32(12-14-33)18-7-3-16(25)4-8-18/h3-10,15,30H,2,11-14H2,1H3,(H,28,35). The average Bonchev–Trinajstić information content (AvgIpc) is 3.39. The predicted molar refractivity (Wildman–Crippen MR) is 138 cm³/mol. The highest BCUT2D eigenvalue weighted by atomic mass is 32.2. The number of fused-ring (bicyclic) bond motifs is 1. The smallest absolute Gasteiger partial charge is 0.288 e. The van der Waals surface area contributed by atoms with Crippen LogP contribution < -0.4 is 25.6 Å². The number of aromatic nitrogens is 4. The number of carbonyl (C=O) groups excluding carboxylic acids is 1. The van der Waals surface area contributed by atoms with E-state index in [1.54, 1.807) is 23.6 Å². The lowest BCUT2D eigenvalue weighted by Gasteiger charge is -2.35. The highest BCUT2D eigenvalue weighted by Gasteiger charge is 2.24. The van der Waals surface area contributed by atoms with E-state index in [2.05, 4.69) is 15.0 Å². The van der Waals surface area contributed by atoms with Crippen molar-refractivity contribution in [3.8, 4) is 0 Å². The number of nitrogens with one attached hydrogen (secondary N) is 2. The van der Waals surface area contributed by atoms with Gasteiger partial charge in [0.1, 0.15) is 17.2 Å². The monoisotopic (exact) mass is 558 g/mol. The van der Waals surface area contributed by atoms with Gasteiger partial charge in [0.2, 0.25) is 11.7 Å². The normalized spacial score (nSPS) is 14.1. The second kappa shape index (κ2) is 10.4. The lowest BCUT2D eigenvalue weighted by molar-refractivity contribution is 0.0942. The van der Waals surface area contributed by atoms with Gasteiger partial charge in [-0.15, -0.1) is 9.93 Å². The van der Waals surface area contributed by atoms with E-state index in [0.29, 0.717) is 38.7 Å². The summed E-state index contributed by atoms with van der Waals surface area (Å²) in [6, 6.07) is 10.3. The fourth-order valence-electron chi connectivity index (χ4n) is 4.19. The van der Waals surface area contributed by atoms with Crippen molar-refractivity contribution in [2.24, 2.45) is 0 Å². The zero-order valence-corrected chi connectivity index (χ0v) is 21.5. The summed E-state index contributed by atoms with van der Waals surface area (Å²) in [7, 11) is -4.21. The summed E-state index contributed by atoms with van der Waals surface area (Å²) in [4.78, 5) is 36.1. The largest absolute Gasteiger partial charge is 0.368 e. The van der Waals surface area contributed by atoms with Crippen LogP contribution in [0.4, 0.5) is 20.4 Å². The average molecular weight is 559 g/mol. The third-order valence-corrected chi connectivity index (χ3v) is 7.57. The maximum absolute atomic E-state index is 13.2. The molecule has 204 valence electrons. The van der Waals surface area contributed by atoms with Gasteiger partial charge in [0.05, 0.1) is 4.90 Å².